The molecule has 0 bridgehead atoms. The number of carbonyl (C=O) groups excluding carboxylic acids is 1. The molecule has 1 aliphatic carbocycles. The van der Waals surface area contributed by atoms with E-state index in [2.05, 4.69) is 25.2 Å². The van der Waals surface area contributed by atoms with Gasteiger partial charge in [-0.3, -0.25) is 4.79 Å². The fourth-order valence-corrected chi connectivity index (χ4v) is 3.48. The van der Waals surface area contributed by atoms with Crippen LogP contribution < -0.4 is 5.32 Å². The van der Waals surface area contributed by atoms with Crippen molar-refractivity contribution in [2.45, 2.75) is 45.2 Å². The lowest BCUT2D eigenvalue weighted by Crippen LogP contribution is -2.55. The van der Waals surface area contributed by atoms with E-state index in [-0.39, 0.29) is 5.91 Å². The van der Waals surface area contributed by atoms with Gasteiger partial charge >= 0.3 is 0 Å². The molecule has 0 spiro atoms. The third kappa shape index (κ3) is 2.39. The van der Waals surface area contributed by atoms with E-state index in [9.17, 15) is 4.79 Å². The fraction of sp³-hybridized carbons (Fsp3) is 0.562. The van der Waals surface area contributed by atoms with E-state index in [1.54, 1.807) is 0 Å². The van der Waals surface area contributed by atoms with Crippen LogP contribution in [-0.2, 0) is 12.8 Å². The number of rotatable bonds is 1. The zero-order valence-corrected chi connectivity index (χ0v) is 11.8. The highest BCUT2D eigenvalue weighted by Gasteiger charge is 2.28. The molecule has 1 aliphatic heterocycles. The normalized spacial score (nSPS) is 26.3. The lowest BCUT2D eigenvalue weighted by atomic mass is 10.0. The lowest BCUT2D eigenvalue weighted by Gasteiger charge is -2.36. The van der Waals surface area contributed by atoms with Crippen molar-refractivity contribution in [1.29, 1.82) is 0 Å². The second kappa shape index (κ2) is 4.97. The number of amides is 1. The minimum atomic E-state index is 0.221. The van der Waals surface area contributed by atoms with Gasteiger partial charge in [-0.15, -0.1) is 0 Å². The van der Waals surface area contributed by atoms with Gasteiger partial charge in [0.25, 0.3) is 5.91 Å². The van der Waals surface area contributed by atoms with Crippen molar-refractivity contribution in [3.63, 3.8) is 0 Å². The van der Waals surface area contributed by atoms with E-state index in [4.69, 9.17) is 0 Å². The topological polar surface area (TPSA) is 32.3 Å². The van der Waals surface area contributed by atoms with Gasteiger partial charge in [0.1, 0.15) is 0 Å². The molecule has 1 aromatic carbocycles. The molecule has 1 saturated heterocycles. The molecule has 102 valence electrons. The van der Waals surface area contributed by atoms with Crippen LogP contribution in [0.4, 0.5) is 0 Å². The van der Waals surface area contributed by atoms with Crippen LogP contribution in [0, 0.1) is 0 Å². The summed E-state index contributed by atoms with van der Waals surface area (Å²) in [6.07, 6.45) is 3.38. The first-order valence-electron chi connectivity index (χ1n) is 7.31. The van der Waals surface area contributed by atoms with Crippen molar-refractivity contribution >= 4 is 5.91 Å². The number of hydrogen-bond acceptors (Lipinski definition) is 2. The third-order valence-electron chi connectivity index (χ3n) is 4.22. The Morgan fingerprint density at radius 1 is 1.21 bits per heavy atom. The molecule has 3 nitrogen and oxygen atoms in total. The number of fused-ring (bicyclic) bond motifs is 1. The maximum atomic E-state index is 12.7. The Bertz CT molecular complexity index is 488. The number of piperazine rings is 1. The summed E-state index contributed by atoms with van der Waals surface area (Å²) in [6, 6.07) is 6.97. The molecule has 0 unspecified atom stereocenters. The van der Waals surface area contributed by atoms with Gasteiger partial charge in [-0.05, 0) is 50.3 Å². The van der Waals surface area contributed by atoms with E-state index in [0.29, 0.717) is 12.1 Å². The monoisotopic (exact) mass is 258 g/mol. The summed E-state index contributed by atoms with van der Waals surface area (Å²) in [7, 11) is 0. The van der Waals surface area contributed by atoms with Crippen molar-refractivity contribution in [2.75, 3.05) is 13.1 Å². The average Bonchev–Trinajstić information content (AvgIpc) is 2.84. The second-order valence-corrected chi connectivity index (χ2v) is 5.98. The summed E-state index contributed by atoms with van der Waals surface area (Å²) in [4.78, 5) is 14.8. The maximum absolute atomic E-state index is 12.7. The molecule has 0 radical (unpaired) electrons. The van der Waals surface area contributed by atoms with Crippen LogP contribution in [0.5, 0.6) is 0 Å². The van der Waals surface area contributed by atoms with Gasteiger partial charge in [0.15, 0.2) is 0 Å². The number of carbonyl (C=O) groups is 1. The van der Waals surface area contributed by atoms with Crippen LogP contribution in [0.15, 0.2) is 18.2 Å². The van der Waals surface area contributed by atoms with Crippen LogP contribution in [-0.4, -0.2) is 36.0 Å². The Morgan fingerprint density at radius 3 is 2.68 bits per heavy atom. The highest BCUT2D eigenvalue weighted by atomic mass is 16.2. The summed E-state index contributed by atoms with van der Waals surface area (Å²) in [5.41, 5.74) is 3.62. The minimum absolute atomic E-state index is 0.221. The summed E-state index contributed by atoms with van der Waals surface area (Å²) in [5, 5.41) is 3.47. The van der Waals surface area contributed by atoms with Crippen molar-refractivity contribution < 1.29 is 4.79 Å². The van der Waals surface area contributed by atoms with E-state index >= 15 is 0 Å². The Kier molecular flexibility index (Phi) is 3.31. The largest absolute Gasteiger partial charge is 0.336 e. The molecule has 1 N–H and O–H groups in total. The highest BCUT2D eigenvalue weighted by Crippen LogP contribution is 2.26. The summed E-state index contributed by atoms with van der Waals surface area (Å²) >= 11 is 0. The Balaban J connectivity index is 1.86. The molecule has 1 heterocycles. The number of hydrogen-bond donors (Lipinski definition) is 1. The summed E-state index contributed by atoms with van der Waals surface area (Å²) in [5.74, 6) is 0.221. The molecular weight excluding hydrogens is 236 g/mol. The number of nitrogens with zero attached hydrogens (tertiary/aromatic N) is 1. The SMILES string of the molecule is C[C@@H]1CN(C(=O)c2cccc3c2CCC3)C[C@@H](C)N1. The first-order chi connectivity index (χ1) is 9.15. The number of aryl methyl sites for hydroxylation is 1. The van der Waals surface area contributed by atoms with Gasteiger partial charge in [0.2, 0.25) is 0 Å². The maximum Gasteiger partial charge on any atom is 0.254 e. The van der Waals surface area contributed by atoms with Gasteiger partial charge < -0.3 is 10.2 Å². The highest BCUT2D eigenvalue weighted by molar-refractivity contribution is 5.96. The van der Waals surface area contributed by atoms with Crippen LogP contribution in [0.3, 0.4) is 0 Å². The zero-order valence-electron chi connectivity index (χ0n) is 11.8. The number of benzene rings is 1. The van der Waals surface area contributed by atoms with Crippen molar-refractivity contribution in [3.05, 3.63) is 34.9 Å². The third-order valence-corrected chi connectivity index (χ3v) is 4.22. The summed E-state index contributed by atoms with van der Waals surface area (Å²) < 4.78 is 0. The van der Waals surface area contributed by atoms with Gasteiger partial charge in [-0.25, -0.2) is 0 Å². The van der Waals surface area contributed by atoms with Gasteiger partial charge in [-0.2, -0.15) is 0 Å². The predicted octanol–water partition coefficient (Wildman–Crippen LogP) is 2.00. The molecule has 1 fully saturated rings. The fourth-order valence-electron chi connectivity index (χ4n) is 3.48. The Hall–Kier alpha value is -1.35. The van der Waals surface area contributed by atoms with Crippen molar-refractivity contribution in [1.82, 2.24) is 10.2 Å². The molecule has 3 rings (SSSR count). The average molecular weight is 258 g/mol. The Morgan fingerprint density at radius 2 is 1.95 bits per heavy atom. The first kappa shape index (κ1) is 12.7. The van der Waals surface area contributed by atoms with Crippen LogP contribution >= 0.6 is 0 Å². The molecule has 19 heavy (non-hydrogen) atoms. The van der Waals surface area contributed by atoms with Gasteiger partial charge in [0, 0.05) is 30.7 Å². The van der Waals surface area contributed by atoms with E-state index in [0.717, 1.165) is 31.5 Å². The molecule has 3 heteroatoms. The lowest BCUT2D eigenvalue weighted by molar-refractivity contribution is 0.0672. The summed E-state index contributed by atoms with van der Waals surface area (Å²) in [6.45, 7) is 5.91. The molecular formula is C16H22N2O. The number of nitrogens with one attached hydrogen (secondary N) is 1. The van der Waals surface area contributed by atoms with E-state index < -0.39 is 0 Å². The van der Waals surface area contributed by atoms with Crippen molar-refractivity contribution in [2.24, 2.45) is 0 Å². The van der Waals surface area contributed by atoms with Gasteiger partial charge in [-0.1, -0.05) is 12.1 Å². The van der Waals surface area contributed by atoms with E-state index in [1.807, 2.05) is 17.0 Å². The van der Waals surface area contributed by atoms with Gasteiger partial charge in [0.05, 0.1) is 0 Å². The van der Waals surface area contributed by atoms with Crippen LogP contribution in [0.1, 0.15) is 41.8 Å². The van der Waals surface area contributed by atoms with Crippen LogP contribution in [0.2, 0.25) is 0 Å². The molecule has 1 aromatic rings. The molecule has 1 amide bonds. The molecule has 0 aromatic heterocycles. The molecule has 0 saturated carbocycles. The second-order valence-electron chi connectivity index (χ2n) is 5.98. The quantitative estimate of drug-likeness (QED) is 0.835. The first-order valence-corrected chi connectivity index (χ1v) is 7.31. The van der Waals surface area contributed by atoms with Crippen LogP contribution in [0.25, 0.3) is 0 Å². The minimum Gasteiger partial charge on any atom is -0.336 e. The standard InChI is InChI=1S/C16H22N2O/c1-11-9-18(10-12(2)17-11)16(19)15-8-4-6-13-5-3-7-14(13)15/h4,6,8,11-12,17H,3,5,7,9-10H2,1-2H3/t11-,12-/m1/s1. The van der Waals surface area contributed by atoms with E-state index in [1.165, 1.54) is 17.5 Å². The molecule has 2 atom stereocenters. The smallest absolute Gasteiger partial charge is 0.254 e. The molecule has 2 aliphatic rings. The Labute approximate surface area is 115 Å². The zero-order chi connectivity index (χ0) is 13.4. The van der Waals surface area contributed by atoms with Crippen molar-refractivity contribution in [3.8, 4) is 0 Å². The predicted molar refractivity (Wildman–Crippen MR) is 76.4 cm³/mol.